The van der Waals surface area contributed by atoms with Gasteiger partial charge in [-0.2, -0.15) is 0 Å². The molecule has 0 spiro atoms. The van der Waals surface area contributed by atoms with Gasteiger partial charge in [0.1, 0.15) is 9.88 Å². The van der Waals surface area contributed by atoms with Gasteiger partial charge < -0.3 is 20.5 Å². The monoisotopic (exact) mass is 361 g/mol. The molecule has 0 fully saturated rings. The van der Waals surface area contributed by atoms with E-state index in [2.05, 4.69) is 24.1 Å². The highest BCUT2D eigenvalue weighted by molar-refractivity contribution is 7.16. The molecule has 1 unspecified atom stereocenters. The highest BCUT2D eigenvalue weighted by Crippen LogP contribution is 2.37. The third-order valence-corrected chi connectivity index (χ3v) is 5.12. The normalized spacial score (nSPS) is 15.2. The van der Waals surface area contributed by atoms with E-state index in [1.54, 1.807) is 6.20 Å². The fourth-order valence-electron chi connectivity index (χ4n) is 2.96. The largest absolute Gasteiger partial charge is 0.454 e. The van der Waals surface area contributed by atoms with Gasteiger partial charge in [-0.05, 0) is 37.5 Å². The highest BCUT2D eigenvalue weighted by Gasteiger charge is 2.27. The van der Waals surface area contributed by atoms with Crippen molar-refractivity contribution in [1.82, 2.24) is 10.3 Å². The average molecular weight is 361 g/mol. The summed E-state index contributed by atoms with van der Waals surface area (Å²) < 4.78 is 10.7. The Kier molecular flexibility index (Phi) is 4.96. The van der Waals surface area contributed by atoms with E-state index in [9.17, 15) is 4.79 Å². The summed E-state index contributed by atoms with van der Waals surface area (Å²) in [5.41, 5.74) is 6.35. The van der Waals surface area contributed by atoms with Crippen LogP contribution < -0.4 is 20.5 Å². The number of nitrogens with zero attached hydrogens (tertiary/aromatic N) is 1. The summed E-state index contributed by atoms with van der Waals surface area (Å²) in [5.74, 6) is 1.73. The summed E-state index contributed by atoms with van der Waals surface area (Å²) in [5, 5.41) is 3.82. The van der Waals surface area contributed by atoms with E-state index in [-0.39, 0.29) is 12.7 Å². The van der Waals surface area contributed by atoms with Crippen LogP contribution in [0.25, 0.3) is 10.6 Å². The first-order valence-electron chi connectivity index (χ1n) is 8.28. The molecule has 1 aromatic carbocycles. The lowest BCUT2D eigenvalue weighted by atomic mass is 9.90. The first-order valence-corrected chi connectivity index (χ1v) is 9.10. The van der Waals surface area contributed by atoms with Gasteiger partial charge in [0.15, 0.2) is 11.5 Å². The van der Waals surface area contributed by atoms with E-state index >= 15 is 0 Å². The van der Waals surface area contributed by atoms with Gasteiger partial charge in [-0.1, -0.05) is 13.8 Å². The van der Waals surface area contributed by atoms with Gasteiger partial charge in [0, 0.05) is 12.1 Å². The molecule has 0 saturated heterocycles. The van der Waals surface area contributed by atoms with Gasteiger partial charge in [0.2, 0.25) is 6.79 Å². The highest BCUT2D eigenvalue weighted by atomic mass is 32.1. The quantitative estimate of drug-likeness (QED) is 0.826. The third kappa shape index (κ3) is 3.93. The number of nitrogens with two attached hydrogens (primary N) is 1. The van der Waals surface area contributed by atoms with Crippen LogP contribution in [-0.2, 0) is 0 Å². The topological polar surface area (TPSA) is 86.5 Å². The van der Waals surface area contributed by atoms with Crippen molar-refractivity contribution >= 4 is 17.2 Å². The van der Waals surface area contributed by atoms with Gasteiger partial charge >= 0.3 is 0 Å². The zero-order chi connectivity index (χ0) is 18.0. The number of carbonyl (C=O) groups is 1. The molecule has 1 aromatic heterocycles. The van der Waals surface area contributed by atoms with Gasteiger partial charge in [0.25, 0.3) is 5.91 Å². The first-order chi connectivity index (χ1) is 11.9. The summed E-state index contributed by atoms with van der Waals surface area (Å²) in [7, 11) is 0. The molecule has 0 bridgehead atoms. The number of thiazole rings is 1. The number of fused-ring (bicyclic) bond motifs is 1. The molecule has 0 radical (unpaired) electrons. The molecule has 1 aliphatic heterocycles. The molecule has 3 rings (SSSR count). The zero-order valence-corrected chi connectivity index (χ0v) is 15.5. The van der Waals surface area contributed by atoms with Gasteiger partial charge in [-0.15, -0.1) is 11.3 Å². The zero-order valence-electron chi connectivity index (χ0n) is 14.7. The Balaban J connectivity index is 1.75. The van der Waals surface area contributed by atoms with Crippen LogP contribution in [0.2, 0.25) is 0 Å². The van der Waals surface area contributed by atoms with Crippen molar-refractivity contribution in [2.24, 2.45) is 11.7 Å². The number of benzene rings is 1. The second-order valence-electron chi connectivity index (χ2n) is 6.91. The maximum atomic E-state index is 12.6. The average Bonchev–Trinajstić information content (AvgIpc) is 3.22. The summed E-state index contributed by atoms with van der Waals surface area (Å²) in [6, 6.07) is 5.65. The van der Waals surface area contributed by atoms with Crippen LogP contribution in [0.15, 0.2) is 24.4 Å². The molecular formula is C18H23N3O3S. The Morgan fingerprint density at radius 3 is 2.88 bits per heavy atom. The molecule has 7 heteroatoms. The number of nitrogens with one attached hydrogen (secondary N) is 1. The molecule has 0 aliphatic carbocycles. The number of aromatic nitrogens is 1. The minimum Gasteiger partial charge on any atom is -0.454 e. The van der Waals surface area contributed by atoms with Crippen molar-refractivity contribution in [3.8, 4) is 22.1 Å². The maximum Gasteiger partial charge on any atom is 0.263 e. The second kappa shape index (κ2) is 7.01. The lowest BCUT2D eigenvalue weighted by Crippen LogP contribution is -2.52. The Morgan fingerprint density at radius 1 is 1.40 bits per heavy atom. The SMILES string of the molecule is CC(C)CC(C)(CN)NC(=O)c1cnc(-c2ccc3c(c2)OCO3)s1. The van der Waals surface area contributed by atoms with Crippen molar-refractivity contribution in [1.29, 1.82) is 0 Å². The molecule has 25 heavy (non-hydrogen) atoms. The first kappa shape index (κ1) is 17.7. The van der Waals surface area contributed by atoms with Crippen LogP contribution in [0.5, 0.6) is 11.5 Å². The summed E-state index contributed by atoms with van der Waals surface area (Å²) in [4.78, 5) is 17.5. The molecule has 2 heterocycles. The fourth-order valence-corrected chi connectivity index (χ4v) is 3.77. The molecular weight excluding hydrogens is 338 g/mol. The van der Waals surface area contributed by atoms with Crippen molar-refractivity contribution < 1.29 is 14.3 Å². The predicted octanol–water partition coefficient (Wildman–Crippen LogP) is 3.03. The number of hydrogen-bond acceptors (Lipinski definition) is 6. The van der Waals surface area contributed by atoms with Crippen molar-refractivity contribution in [2.75, 3.05) is 13.3 Å². The molecule has 3 N–H and O–H groups in total. The fraction of sp³-hybridized carbons (Fsp3) is 0.444. The van der Waals surface area contributed by atoms with Crippen molar-refractivity contribution in [3.05, 3.63) is 29.3 Å². The Labute approximate surface area is 151 Å². The van der Waals surface area contributed by atoms with Crippen LogP contribution >= 0.6 is 11.3 Å². The van der Waals surface area contributed by atoms with Crippen LogP contribution in [0.3, 0.4) is 0 Å². The van der Waals surface area contributed by atoms with Crippen molar-refractivity contribution in [3.63, 3.8) is 0 Å². The second-order valence-corrected chi connectivity index (χ2v) is 7.95. The third-order valence-electron chi connectivity index (χ3n) is 4.07. The van der Waals surface area contributed by atoms with Crippen molar-refractivity contribution in [2.45, 2.75) is 32.7 Å². The standard InChI is InChI=1S/C18H23N3O3S/c1-11(2)7-18(3,9-19)21-16(22)15-8-20-17(25-15)12-4-5-13-14(6-12)24-10-23-13/h4-6,8,11H,7,9-10,19H2,1-3H3,(H,21,22). The Bertz CT molecular complexity index is 775. The molecule has 2 aromatic rings. The van der Waals surface area contributed by atoms with Crippen LogP contribution in [0, 0.1) is 5.92 Å². The number of hydrogen-bond donors (Lipinski definition) is 2. The minimum atomic E-state index is -0.422. The predicted molar refractivity (Wildman–Crippen MR) is 98.1 cm³/mol. The van der Waals surface area contributed by atoms with Crippen LogP contribution in [-0.4, -0.2) is 29.8 Å². The number of ether oxygens (including phenoxy) is 2. The van der Waals surface area contributed by atoms with Crippen LogP contribution in [0.4, 0.5) is 0 Å². The maximum absolute atomic E-state index is 12.6. The van der Waals surface area contributed by atoms with E-state index < -0.39 is 5.54 Å². The Hall–Kier alpha value is -2.12. The van der Waals surface area contributed by atoms with E-state index in [0.717, 1.165) is 22.7 Å². The minimum absolute atomic E-state index is 0.141. The molecule has 1 amide bonds. The van der Waals surface area contributed by atoms with E-state index in [0.29, 0.717) is 23.1 Å². The smallest absolute Gasteiger partial charge is 0.263 e. The lowest BCUT2D eigenvalue weighted by Gasteiger charge is -2.30. The van der Waals surface area contributed by atoms with E-state index in [1.165, 1.54) is 11.3 Å². The number of amides is 1. The molecule has 0 saturated carbocycles. The lowest BCUT2D eigenvalue weighted by molar-refractivity contribution is 0.0902. The summed E-state index contributed by atoms with van der Waals surface area (Å²) in [6.07, 6.45) is 2.43. The van der Waals surface area contributed by atoms with Gasteiger partial charge in [-0.3, -0.25) is 4.79 Å². The number of carbonyl (C=O) groups excluding carboxylic acids is 1. The van der Waals surface area contributed by atoms with Gasteiger partial charge in [-0.25, -0.2) is 4.98 Å². The van der Waals surface area contributed by atoms with E-state index in [1.807, 2.05) is 25.1 Å². The van der Waals surface area contributed by atoms with Crippen LogP contribution in [0.1, 0.15) is 36.9 Å². The van der Waals surface area contributed by atoms with E-state index in [4.69, 9.17) is 15.2 Å². The Morgan fingerprint density at radius 2 is 2.16 bits per heavy atom. The molecule has 1 aliphatic rings. The van der Waals surface area contributed by atoms with Gasteiger partial charge in [0.05, 0.1) is 11.7 Å². The summed E-state index contributed by atoms with van der Waals surface area (Å²) in [6.45, 7) is 6.84. The molecule has 1 atom stereocenters. The molecule has 6 nitrogen and oxygen atoms in total. The number of rotatable bonds is 6. The molecule has 134 valence electrons. The summed E-state index contributed by atoms with van der Waals surface area (Å²) >= 11 is 1.35.